The molecule has 1 aromatic carbocycles. The normalized spacial score (nSPS) is 13.0. The molecule has 6 nitrogen and oxygen atoms in total. The van der Waals surface area contributed by atoms with E-state index in [-0.39, 0.29) is 48.5 Å². The fourth-order valence-corrected chi connectivity index (χ4v) is 9.42. The molecule has 0 aliphatic rings. The van der Waals surface area contributed by atoms with E-state index in [0.29, 0.717) is 18.8 Å². The van der Waals surface area contributed by atoms with Crippen LogP contribution in [0.2, 0.25) is 0 Å². The lowest BCUT2D eigenvalue weighted by atomic mass is 9.73. The van der Waals surface area contributed by atoms with E-state index in [4.69, 9.17) is 14.2 Å². The van der Waals surface area contributed by atoms with Crippen LogP contribution >= 0.6 is 0 Å². The molecule has 63 heavy (non-hydrogen) atoms. The van der Waals surface area contributed by atoms with E-state index in [1.165, 1.54) is 173 Å². The van der Waals surface area contributed by atoms with E-state index in [1.54, 1.807) is 7.11 Å². The van der Waals surface area contributed by atoms with Crippen LogP contribution in [0.3, 0.4) is 0 Å². The summed E-state index contributed by atoms with van der Waals surface area (Å²) >= 11 is 0. The van der Waals surface area contributed by atoms with Gasteiger partial charge in [-0.3, -0.25) is 9.59 Å². The molecule has 0 spiro atoms. The molecule has 0 aliphatic heterocycles. The molecule has 0 heterocycles. The van der Waals surface area contributed by atoms with Gasteiger partial charge in [0.15, 0.2) is 0 Å². The van der Waals surface area contributed by atoms with Crippen molar-refractivity contribution < 1.29 is 28.9 Å². The summed E-state index contributed by atoms with van der Waals surface area (Å²) in [5.41, 5.74) is 2.07. The lowest BCUT2D eigenvalue weighted by Gasteiger charge is -2.34. The number of ether oxygens (including phenoxy) is 3. The minimum absolute atomic E-state index is 0.0575. The highest BCUT2D eigenvalue weighted by Gasteiger charge is 2.30. The third-order valence-electron chi connectivity index (χ3n) is 14.3. The molecule has 0 amide bonds. The number of rotatable bonds is 45. The zero-order chi connectivity index (χ0) is 46.3. The van der Waals surface area contributed by atoms with Crippen LogP contribution in [0.1, 0.15) is 271 Å². The molecular formula is C57H104O6. The number of hydrogen-bond donors (Lipinski definition) is 1. The number of carbonyl (C=O) groups is 2. The molecule has 0 radical (unpaired) electrons. The van der Waals surface area contributed by atoms with Crippen molar-refractivity contribution in [2.45, 2.75) is 273 Å². The number of unbranched alkanes of at least 4 members (excludes halogenated alkanes) is 24. The van der Waals surface area contributed by atoms with Gasteiger partial charge in [0.2, 0.25) is 0 Å². The molecular weight excluding hydrogens is 781 g/mol. The van der Waals surface area contributed by atoms with E-state index in [0.717, 1.165) is 49.8 Å². The average molecular weight is 885 g/mol. The van der Waals surface area contributed by atoms with Crippen molar-refractivity contribution >= 4 is 11.9 Å². The zero-order valence-electron chi connectivity index (χ0n) is 42.8. The van der Waals surface area contributed by atoms with Gasteiger partial charge in [-0.1, -0.05) is 233 Å². The van der Waals surface area contributed by atoms with Crippen molar-refractivity contribution in [1.82, 2.24) is 0 Å². The van der Waals surface area contributed by atoms with Gasteiger partial charge >= 0.3 is 11.9 Å². The van der Waals surface area contributed by atoms with E-state index in [9.17, 15) is 14.7 Å². The minimum atomic E-state index is -0.199. The number of esters is 2. The Morgan fingerprint density at radius 1 is 0.476 bits per heavy atom. The van der Waals surface area contributed by atoms with E-state index in [1.807, 2.05) is 24.3 Å². The van der Waals surface area contributed by atoms with E-state index in [2.05, 4.69) is 41.5 Å². The Hall–Kier alpha value is -1.92. The maximum absolute atomic E-state index is 12.7. The molecule has 6 heteroatoms. The summed E-state index contributed by atoms with van der Waals surface area (Å²) in [6.07, 6.45) is 41.9. The number of hydrogen-bond acceptors (Lipinski definition) is 6. The fourth-order valence-electron chi connectivity index (χ4n) is 9.42. The second-order valence-electron chi connectivity index (χ2n) is 20.9. The van der Waals surface area contributed by atoms with Crippen LogP contribution in [0.5, 0.6) is 0 Å². The van der Waals surface area contributed by atoms with Crippen LogP contribution in [0.4, 0.5) is 0 Å². The standard InChI is InChI=1S/C57H104O6/c1-8-10-12-14-16-18-20-22-24-26-28-30-32-44-56(3,4)52(46-58)36-34-38-54(59)62-47-50-40-42-51(43-41-50)48-63-55(60)39-35-37-53(49-61-7)57(5,6)45-33-31-29-27-25-23-21-19-17-15-13-11-9-2/h40-43,52-53,58H,8-39,44-49H2,1-7H3. The molecule has 2 unspecified atom stereocenters. The molecule has 368 valence electrons. The van der Waals surface area contributed by atoms with Crippen molar-refractivity contribution in [3.05, 3.63) is 35.4 Å². The van der Waals surface area contributed by atoms with Crippen molar-refractivity contribution in [3.63, 3.8) is 0 Å². The zero-order valence-corrected chi connectivity index (χ0v) is 42.8. The van der Waals surface area contributed by atoms with Gasteiger partial charge in [-0.05, 0) is 72.3 Å². The highest BCUT2D eigenvalue weighted by atomic mass is 16.5. The monoisotopic (exact) mass is 885 g/mol. The summed E-state index contributed by atoms with van der Waals surface area (Å²) < 4.78 is 16.9. The third-order valence-corrected chi connectivity index (χ3v) is 14.3. The van der Waals surface area contributed by atoms with Gasteiger partial charge in [0.05, 0.1) is 0 Å². The molecule has 1 N–H and O–H groups in total. The van der Waals surface area contributed by atoms with Crippen molar-refractivity contribution in [2.24, 2.45) is 22.7 Å². The Labute approximate surface area is 391 Å². The molecule has 1 rings (SSSR count). The summed E-state index contributed by atoms with van der Waals surface area (Å²) in [5.74, 6) is 0.245. The van der Waals surface area contributed by atoms with Crippen LogP contribution in [0.15, 0.2) is 24.3 Å². The van der Waals surface area contributed by atoms with Gasteiger partial charge in [-0.2, -0.15) is 0 Å². The highest BCUT2D eigenvalue weighted by Crippen LogP contribution is 2.37. The van der Waals surface area contributed by atoms with Gasteiger partial charge in [0.1, 0.15) is 13.2 Å². The third kappa shape index (κ3) is 32.4. The smallest absolute Gasteiger partial charge is 0.306 e. The molecule has 0 aliphatic carbocycles. The Kier molecular flexibility index (Phi) is 36.8. The van der Waals surface area contributed by atoms with Gasteiger partial charge in [-0.25, -0.2) is 0 Å². The lowest BCUT2D eigenvalue weighted by molar-refractivity contribution is -0.146. The topological polar surface area (TPSA) is 82.1 Å². The Morgan fingerprint density at radius 3 is 1.10 bits per heavy atom. The fraction of sp³-hybridized carbons (Fsp3) is 0.860. The number of aliphatic hydroxyl groups is 1. The van der Waals surface area contributed by atoms with Crippen molar-refractivity contribution in [3.8, 4) is 0 Å². The van der Waals surface area contributed by atoms with Crippen molar-refractivity contribution in [2.75, 3.05) is 20.3 Å². The van der Waals surface area contributed by atoms with Gasteiger partial charge < -0.3 is 19.3 Å². The number of carbonyl (C=O) groups excluding carboxylic acids is 2. The number of benzene rings is 1. The first-order valence-corrected chi connectivity index (χ1v) is 27.0. The predicted molar refractivity (Wildman–Crippen MR) is 268 cm³/mol. The summed E-state index contributed by atoms with van der Waals surface area (Å²) in [6, 6.07) is 7.75. The molecule has 0 saturated heterocycles. The Balaban J connectivity index is 2.22. The summed E-state index contributed by atoms with van der Waals surface area (Å²) in [5, 5.41) is 10.2. The maximum atomic E-state index is 12.7. The van der Waals surface area contributed by atoms with Gasteiger partial charge in [0.25, 0.3) is 0 Å². The van der Waals surface area contributed by atoms with Gasteiger partial charge in [0, 0.05) is 33.2 Å². The molecule has 2 atom stereocenters. The average Bonchev–Trinajstić information content (AvgIpc) is 3.26. The number of aliphatic hydroxyl groups excluding tert-OH is 1. The van der Waals surface area contributed by atoms with Crippen LogP contribution in [0, 0.1) is 22.7 Å². The number of methoxy groups -OCH3 is 1. The highest BCUT2D eigenvalue weighted by molar-refractivity contribution is 5.69. The summed E-state index contributed by atoms with van der Waals surface area (Å²) in [6.45, 7) is 15.2. The second-order valence-corrected chi connectivity index (χ2v) is 20.9. The largest absolute Gasteiger partial charge is 0.461 e. The first-order valence-electron chi connectivity index (χ1n) is 27.0. The summed E-state index contributed by atoms with van der Waals surface area (Å²) in [7, 11) is 1.79. The quantitative estimate of drug-likeness (QED) is 0.0519. The SMILES string of the molecule is CCCCCCCCCCCCCCCC(C)(C)C(CO)CCCC(=O)OCc1ccc(COC(=O)CCCC(COC)C(C)(C)CCCCCCCCCCCCCCC)cc1. The molecule has 0 bridgehead atoms. The van der Waals surface area contributed by atoms with Crippen molar-refractivity contribution in [1.29, 1.82) is 0 Å². The van der Waals surface area contributed by atoms with E-state index < -0.39 is 0 Å². The lowest BCUT2D eigenvalue weighted by Crippen LogP contribution is -2.28. The van der Waals surface area contributed by atoms with E-state index >= 15 is 0 Å². The second kappa shape index (κ2) is 39.3. The van der Waals surface area contributed by atoms with Crippen LogP contribution < -0.4 is 0 Å². The van der Waals surface area contributed by atoms with Crippen LogP contribution in [-0.4, -0.2) is 37.4 Å². The van der Waals surface area contributed by atoms with Gasteiger partial charge in [-0.15, -0.1) is 0 Å². The van der Waals surface area contributed by atoms with Crippen LogP contribution in [0.25, 0.3) is 0 Å². The minimum Gasteiger partial charge on any atom is -0.461 e. The molecule has 0 fully saturated rings. The Bertz CT molecular complexity index is 1190. The molecule has 0 aromatic heterocycles. The Morgan fingerprint density at radius 2 is 0.778 bits per heavy atom. The molecule has 1 aromatic rings. The van der Waals surface area contributed by atoms with Crippen LogP contribution in [-0.2, 0) is 37.0 Å². The first kappa shape index (κ1) is 59.1. The predicted octanol–water partition coefficient (Wildman–Crippen LogP) is 17.0. The summed E-state index contributed by atoms with van der Waals surface area (Å²) in [4.78, 5) is 25.3. The maximum Gasteiger partial charge on any atom is 0.306 e. The first-order chi connectivity index (χ1) is 30.5. The molecule has 0 saturated carbocycles.